The van der Waals surface area contributed by atoms with E-state index in [0.29, 0.717) is 17.4 Å². The number of benzene rings is 2. The lowest BCUT2D eigenvalue weighted by Crippen LogP contribution is -2.35. The van der Waals surface area contributed by atoms with Gasteiger partial charge in [0.25, 0.3) is 5.56 Å². The Hall–Kier alpha value is -3.22. The second kappa shape index (κ2) is 8.37. The number of nitrogens with zero attached hydrogens (tertiary/aromatic N) is 4. The lowest BCUT2D eigenvalue weighted by molar-refractivity contribution is 0.241. The van der Waals surface area contributed by atoms with Gasteiger partial charge in [0.15, 0.2) is 0 Å². The first-order chi connectivity index (χ1) is 15.5. The first kappa shape index (κ1) is 20.7. The van der Waals surface area contributed by atoms with E-state index in [1.54, 1.807) is 12.1 Å². The molecule has 4 aromatic rings. The molecule has 0 saturated heterocycles. The van der Waals surface area contributed by atoms with Crippen molar-refractivity contribution in [3.63, 3.8) is 0 Å². The zero-order chi connectivity index (χ0) is 22.2. The van der Waals surface area contributed by atoms with Crippen LogP contribution in [0.3, 0.4) is 0 Å². The number of fused-ring (bicyclic) bond motifs is 1. The number of hydrogen-bond donors (Lipinski definition) is 1. The molecule has 2 aromatic heterocycles. The van der Waals surface area contributed by atoms with Crippen LogP contribution in [0.15, 0.2) is 59.5 Å². The molecule has 0 atom stereocenters. The van der Waals surface area contributed by atoms with E-state index >= 15 is 0 Å². The summed E-state index contributed by atoms with van der Waals surface area (Å²) in [6.07, 6.45) is 2.67. The number of halogens is 1. The summed E-state index contributed by atoms with van der Waals surface area (Å²) < 4.78 is 2.00. The van der Waals surface area contributed by atoms with Gasteiger partial charge in [0.2, 0.25) is 0 Å². The molecule has 32 heavy (non-hydrogen) atoms. The van der Waals surface area contributed by atoms with Crippen LogP contribution in [-0.4, -0.2) is 31.2 Å². The second-order valence-corrected chi connectivity index (χ2v) is 8.70. The van der Waals surface area contributed by atoms with Gasteiger partial charge >= 0.3 is 0 Å². The Kier molecular flexibility index (Phi) is 5.41. The van der Waals surface area contributed by atoms with Crippen LogP contribution in [-0.2, 0) is 19.5 Å². The number of H-pyrrole nitrogens is 1. The highest BCUT2D eigenvalue weighted by Crippen LogP contribution is 2.23. The summed E-state index contributed by atoms with van der Waals surface area (Å²) in [4.78, 5) is 22.8. The number of rotatable bonds is 4. The summed E-state index contributed by atoms with van der Waals surface area (Å²) in [5, 5.41) is 5.28. The van der Waals surface area contributed by atoms with Crippen LogP contribution in [0, 0.1) is 13.8 Å². The molecule has 1 aliphatic rings. The van der Waals surface area contributed by atoms with E-state index in [4.69, 9.17) is 16.6 Å². The van der Waals surface area contributed by atoms with E-state index in [-0.39, 0.29) is 5.56 Å². The summed E-state index contributed by atoms with van der Waals surface area (Å²) in [7, 11) is 0. The van der Waals surface area contributed by atoms with Gasteiger partial charge < -0.3 is 4.98 Å². The molecule has 0 amide bonds. The van der Waals surface area contributed by atoms with Crippen molar-refractivity contribution in [3.8, 4) is 17.1 Å². The molecule has 1 aliphatic heterocycles. The predicted molar refractivity (Wildman–Crippen MR) is 126 cm³/mol. The topological polar surface area (TPSA) is 66.8 Å². The number of hydrogen-bond acceptors (Lipinski definition) is 4. The first-order valence-electron chi connectivity index (χ1n) is 10.7. The van der Waals surface area contributed by atoms with Gasteiger partial charge in [-0.1, -0.05) is 29.8 Å². The number of aromatic nitrogens is 4. The van der Waals surface area contributed by atoms with Gasteiger partial charge in [-0.2, -0.15) is 5.10 Å². The van der Waals surface area contributed by atoms with E-state index in [1.165, 1.54) is 11.1 Å². The molecule has 0 bridgehead atoms. The average Bonchev–Trinajstić information content (AvgIpc) is 3.15. The van der Waals surface area contributed by atoms with Crippen LogP contribution in [0.2, 0.25) is 5.02 Å². The third-order valence-corrected chi connectivity index (χ3v) is 6.37. The van der Waals surface area contributed by atoms with Gasteiger partial charge in [0.1, 0.15) is 5.82 Å². The Balaban J connectivity index is 1.37. The molecular weight excluding hydrogens is 422 g/mol. The Morgan fingerprint density at radius 2 is 1.88 bits per heavy atom. The smallest absolute Gasteiger partial charge is 0.255 e. The monoisotopic (exact) mass is 445 g/mol. The number of nitrogens with one attached hydrogen (secondary N) is 1. The highest BCUT2D eigenvalue weighted by atomic mass is 35.5. The fourth-order valence-electron chi connectivity index (χ4n) is 4.24. The van der Waals surface area contributed by atoms with Gasteiger partial charge in [-0.05, 0) is 49.7 Å². The highest BCUT2D eigenvalue weighted by Gasteiger charge is 2.23. The van der Waals surface area contributed by atoms with Crippen LogP contribution in [0.1, 0.15) is 28.1 Å². The number of para-hydroxylation sites is 1. The molecule has 5 rings (SSSR count). The minimum atomic E-state index is -0.0722. The fourth-order valence-corrected chi connectivity index (χ4v) is 4.37. The summed E-state index contributed by atoms with van der Waals surface area (Å²) in [5.41, 5.74) is 6.98. The quantitative estimate of drug-likeness (QED) is 0.504. The zero-order valence-electron chi connectivity index (χ0n) is 18.1. The minimum Gasteiger partial charge on any atom is -0.306 e. The van der Waals surface area contributed by atoms with Gasteiger partial charge in [0, 0.05) is 47.9 Å². The van der Waals surface area contributed by atoms with Crippen molar-refractivity contribution >= 4 is 11.6 Å². The maximum Gasteiger partial charge on any atom is 0.255 e. The van der Waals surface area contributed by atoms with Crippen molar-refractivity contribution in [2.24, 2.45) is 0 Å². The molecule has 0 radical (unpaired) electrons. The minimum absolute atomic E-state index is 0.0722. The molecule has 3 heterocycles. The highest BCUT2D eigenvalue weighted by molar-refractivity contribution is 6.30. The molecule has 0 spiro atoms. The molecule has 0 unspecified atom stereocenters. The molecule has 162 valence electrons. The molecule has 6 nitrogen and oxygen atoms in total. The average molecular weight is 446 g/mol. The Labute approximate surface area is 191 Å². The summed E-state index contributed by atoms with van der Waals surface area (Å²) in [6, 6.07) is 15.6. The first-order valence-corrected chi connectivity index (χ1v) is 11.1. The molecule has 0 aliphatic carbocycles. The third-order valence-electron chi connectivity index (χ3n) is 6.11. The lowest BCUT2D eigenvalue weighted by Gasteiger charge is -2.27. The Bertz CT molecular complexity index is 1340. The third kappa shape index (κ3) is 3.87. The van der Waals surface area contributed by atoms with Crippen molar-refractivity contribution in [2.45, 2.75) is 33.4 Å². The molecule has 2 aromatic carbocycles. The lowest BCUT2D eigenvalue weighted by atomic mass is 10.1. The summed E-state index contributed by atoms with van der Waals surface area (Å²) in [5.74, 6) is 0.592. The maximum absolute atomic E-state index is 12.9. The Morgan fingerprint density at radius 3 is 2.66 bits per heavy atom. The number of aryl methyl sites for hydroxylation is 1. The molecular formula is C25H24ClN5O. The van der Waals surface area contributed by atoms with E-state index in [1.807, 2.05) is 35.1 Å². The van der Waals surface area contributed by atoms with Crippen LogP contribution in [0.5, 0.6) is 0 Å². The zero-order valence-corrected chi connectivity index (χ0v) is 18.9. The van der Waals surface area contributed by atoms with Crippen molar-refractivity contribution in [2.75, 3.05) is 6.54 Å². The SMILES string of the molecule is Cc1ccccc1-n1ncc(CN2CCc3nc(-c4ccc(Cl)cc4)[nH]c(=O)c3C2)c1C. The van der Waals surface area contributed by atoms with E-state index in [2.05, 4.69) is 41.0 Å². The molecule has 0 fully saturated rings. The van der Waals surface area contributed by atoms with Gasteiger partial charge in [-0.25, -0.2) is 9.67 Å². The fraction of sp³-hybridized carbons (Fsp3) is 0.240. The van der Waals surface area contributed by atoms with Gasteiger partial charge in [-0.3, -0.25) is 9.69 Å². The van der Waals surface area contributed by atoms with Crippen LogP contribution in [0.4, 0.5) is 0 Å². The molecule has 1 N–H and O–H groups in total. The van der Waals surface area contributed by atoms with Gasteiger partial charge in [-0.15, -0.1) is 0 Å². The van der Waals surface area contributed by atoms with E-state index in [0.717, 1.165) is 47.7 Å². The maximum atomic E-state index is 12.9. The van der Waals surface area contributed by atoms with Crippen molar-refractivity contribution in [1.82, 2.24) is 24.6 Å². The summed E-state index contributed by atoms with van der Waals surface area (Å²) >= 11 is 5.98. The van der Waals surface area contributed by atoms with Crippen molar-refractivity contribution in [1.29, 1.82) is 0 Å². The van der Waals surface area contributed by atoms with Crippen molar-refractivity contribution < 1.29 is 0 Å². The summed E-state index contributed by atoms with van der Waals surface area (Å²) in [6.45, 7) is 6.36. The molecule has 0 saturated carbocycles. The second-order valence-electron chi connectivity index (χ2n) is 8.26. The standard InChI is InChI=1S/C25H24ClN5O/c1-16-5-3-4-6-23(16)31-17(2)19(13-27-31)14-30-12-11-22-21(15-30)25(32)29-24(28-22)18-7-9-20(26)10-8-18/h3-10,13H,11-12,14-15H2,1-2H3,(H,28,29,32). The van der Waals surface area contributed by atoms with Crippen LogP contribution in [0.25, 0.3) is 17.1 Å². The normalized spacial score (nSPS) is 13.8. The van der Waals surface area contributed by atoms with Crippen LogP contribution < -0.4 is 5.56 Å². The van der Waals surface area contributed by atoms with E-state index < -0.39 is 0 Å². The number of aromatic amines is 1. The largest absolute Gasteiger partial charge is 0.306 e. The molecule has 7 heteroatoms. The van der Waals surface area contributed by atoms with Crippen molar-refractivity contribution in [3.05, 3.63) is 98.2 Å². The van der Waals surface area contributed by atoms with Crippen LogP contribution >= 0.6 is 11.6 Å². The predicted octanol–water partition coefficient (Wildman–Crippen LogP) is 4.45. The van der Waals surface area contributed by atoms with E-state index in [9.17, 15) is 4.79 Å². The Morgan fingerprint density at radius 1 is 1.09 bits per heavy atom. The van der Waals surface area contributed by atoms with Gasteiger partial charge in [0.05, 0.1) is 23.1 Å².